The van der Waals surface area contributed by atoms with Gasteiger partial charge in [0, 0.05) is 21.5 Å². The van der Waals surface area contributed by atoms with Gasteiger partial charge in [-0.2, -0.15) is 0 Å². The predicted molar refractivity (Wildman–Crippen MR) is 78.4 cm³/mol. The second kappa shape index (κ2) is 5.06. The summed E-state index contributed by atoms with van der Waals surface area (Å²) in [4.78, 5) is 4.52. The van der Waals surface area contributed by atoms with E-state index in [1.54, 1.807) is 0 Å². The molecule has 19 heavy (non-hydrogen) atoms. The highest BCUT2D eigenvalue weighted by molar-refractivity contribution is 9.10. The Labute approximate surface area is 119 Å². The fraction of sp³-hybridized carbons (Fsp3) is 0.357. The molecule has 0 saturated heterocycles. The average Bonchev–Trinajstić information content (AvgIpc) is 2.91. The first-order chi connectivity index (χ1) is 9.19. The van der Waals surface area contributed by atoms with E-state index in [0.717, 1.165) is 24.2 Å². The van der Waals surface area contributed by atoms with Gasteiger partial charge in [0.05, 0.1) is 5.69 Å². The highest BCUT2D eigenvalue weighted by Crippen LogP contribution is 2.36. The van der Waals surface area contributed by atoms with Gasteiger partial charge < -0.3 is 5.43 Å². The van der Waals surface area contributed by atoms with Gasteiger partial charge in [-0.25, -0.2) is 9.37 Å². The number of halogens is 2. The van der Waals surface area contributed by atoms with Crippen LogP contribution in [0.4, 0.5) is 10.1 Å². The van der Waals surface area contributed by atoms with Crippen molar-refractivity contribution in [2.75, 3.05) is 5.43 Å². The van der Waals surface area contributed by atoms with Gasteiger partial charge in [0.25, 0.3) is 0 Å². The predicted octanol–water partition coefficient (Wildman–Crippen LogP) is 4.08. The molecule has 100 valence electrons. The number of hydrogen-bond donors (Lipinski definition) is 2. The molecule has 2 aromatic rings. The number of nitrogens with two attached hydrogens (primary N) is 1. The van der Waals surface area contributed by atoms with Crippen LogP contribution in [0.5, 0.6) is 0 Å². The topological polar surface area (TPSA) is 50.9 Å². The van der Waals surface area contributed by atoms with Crippen molar-refractivity contribution < 1.29 is 4.39 Å². The third kappa shape index (κ3) is 2.32. The van der Waals surface area contributed by atoms with Crippen LogP contribution in [0.15, 0.2) is 22.7 Å². The molecule has 5 heteroatoms. The summed E-state index contributed by atoms with van der Waals surface area (Å²) in [5.41, 5.74) is 4.72. The van der Waals surface area contributed by atoms with Crippen LogP contribution in [0.1, 0.15) is 37.3 Å². The molecule has 1 aliphatic rings. The number of nitrogen functional groups attached to an aromatic ring is 1. The van der Waals surface area contributed by atoms with E-state index in [0.29, 0.717) is 21.3 Å². The van der Waals surface area contributed by atoms with Crippen LogP contribution in [0.25, 0.3) is 10.9 Å². The maximum Gasteiger partial charge on any atom is 0.150 e. The number of pyridine rings is 1. The van der Waals surface area contributed by atoms with Crippen LogP contribution in [-0.4, -0.2) is 4.98 Å². The van der Waals surface area contributed by atoms with Gasteiger partial charge >= 0.3 is 0 Å². The largest absolute Gasteiger partial charge is 0.323 e. The smallest absolute Gasteiger partial charge is 0.150 e. The Balaban J connectivity index is 2.21. The number of hydrogen-bond acceptors (Lipinski definition) is 3. The van der Waals surface area contributed by atoms with Crippen molar-refractivity contribution in [3.63, 3.8) is 0 Å². The summed E-state index contributed by atoms with van der Waals surface area (Å²) in [7, 11) is 0. The van der Waals surface area contributed by atoms with Gasteiger partial charge in [-0.05, 0) is 31.0 Å². The molecule has 1 aromatic carbocycles. The van der Waals surface area contributed by atoms with Crippen molar-refractivity contribution >= 4 is 32.5 Å². The second-order valence-corrected chi connectivity index (χ2v) is 5.92. The summed E-state index contributed by atoms with van der Waals surface area (Å²) in [5, 5.41) is 0.705. The summed E-state index contributed by atoms with van der Waals surface area (Å²) in [6.45, 7) is 0. The van der Waals surface area contributed by atoms with Crippen LogP contribution in [-0.2, 0) is 0 Å². The molecule has 3 rings (SSSR count). The van der Waals surface area contributed by atoms with Gasteiger partial charge in [0.15, 0.2) is 5.82 Å². The fourth-order valence-corrected chi connectivity index (χ4v) is 3.25. The monoisotopic (exact) mass is 323 g/mol. The van der Waals surface area contributed by atoms with Crippen LogP contribution >= 0.6 is 15.9 Å². The lowest BCUT2D eigenvalue weighted by atomic mass is 10.0. The van der Waals surface area contributed by atoms with E-state index in [-0.39, 0.29) is 5.82 Å². The molecule has 0 radical (unpaired) electrons. The number of nitrogens with one attached hydrogen (secondary N) is 1. The van der Waals surface area contributed by atoms with E-state index in [1.807, 2.05) is 12.1 Å². The molecule has 0 aliphatic heterocycles. The van der Waals surface area contributed by atoms with Crippen LogP contribution in [0.2, 0.25) is 0 Å². The lowest BCUT2D eigenvalue weighted by Gasteiger charge is -2.14. The van der Waals surface area contributed by atoms with Gasteiger partial charge in [0.2, 0.25) is 0 Å². The van der Waals surface area contributed by atoms with E-state index >= 15 is 0 Å². The SMILES string of the molecule is NNc1cc(C2CCCC2)nc2c(F)cc(Br)cc12. The Morgan fingerprint density at radius 1 is 1.26 bits per heavy atom. The molecule has 3 N–H and O–H groups in total. The van der Waals surface area contributed by atoms with Crippen LogP contribution in [0.3, 0.4) is 0 Å². The first kappa shape index (κ1) is 12.8. The lowest BCUT2D eigenvalue weighted by molar-refractivity contribution is 0.633. The number of fused-ring (bicyclic) bond motifs is 1. The zero-order valence-corrected chi connectivity index (χ0v) is 12.0. The minimum absolute atomic E-state index is 0.319. The van der Waals surface area contributed by atoms with Crippen LogP contribution < -0.4 is 11.3 Å². The van der Waals surface area contributed by atoms with E-state index < -0.39 is 0 Å². The van der Waals surface area contributed by atoms with E-state index in [9.17, 15) is 4.39 Å². The molecular weight excluding hydrogens is 309 g/mol. The molecule has 0 bridgehead atoms. The van der Waals surface area contributed by atoms with Gasteiger partial charge in [-0.1, -0.05) is 28.8 Å². The number of rotatable bonds is 2. The maximum absolute atomic E-state index is 14.1. The van der Waals surface area contributed by atoms with Crippen molar-refractivity contribution in [2.24, 2.45) is 5.84 Å². The number of hydrazine groups is 1. The quantitative estimate of drug-likeness (QED) is 0.646. The number of anilines is 1. The van der Waals surface area contributed by atoms with Gasteiger partial charge in [0.1, 0.15) is 5.52 Å². The lowest BCUT2D eigenvalue weighted by Crippen LogP contribution is -2.09. The molecule has 1 heterocycles. The molecule has 0 spiro atoms. The second-order valence-electron chi connectivity index (χ2n) is 5.00. The Kier molecular flexibility index (Phi) is 3.41. The van der Waals surface area contributed by atoms with Crippen molar-refractivity contribution in [3.8, 4) is 0 Å². The van der Waals surface area contributed by atoms with Crippen molar-refractivity contribution in [3.05, 3.63) is 34.2 Å². The molecule has 1 aromatic heterocycles. The number of benzene rings is 1. The molecule has 0 amide bonds. The summed E-state index contributed by atoms with van der Waals surface area (Å²) in [6.07, 6.45) is 4.69. The Hall–Kier alpha value is -1.20. The maximum atomic E-state index is 14.1. The summed E-state index contributed by atoms with van der Waals surface area (Å²) in [5.74, 6) is 5.68. The summed E-state index contributed by atoms with van der Waals surface area (Å²) in [6, 6.07) is 5.22. The minimum Gasteiger partial charge on any atom is -0.323 e. The molecule has 1 saturated carbocycles. The van der Waals surface area contributed by atoms with E-state index in [2.05, 4.69) is 26.3 Å². The van der Waals surface area contributed by atoms with Gasteiger partial charge in [-0.3, -0.25) is 5.84 Å². The first-order valence-electron chi connectivity index (χ1n) is 6.45. The Morgan fingerprint density at radius 3 is 2.68 bits per heavy atom. The van der Waals surface area contributed by atoms with E-state index in [1.165, 1.54) is 18.9 Å². The Morgan fingerprint density at radius 2 is 2.00 bits per heavy atom. The average molecular weight is 324 g/mol. The van der Waals surface area contributed by atoms with Crippen molar-refractivity contribution in [1.29, 1.82) is 0 Å². The zero-order valence-electron chi connectivity index (χ0n) is 10.4. The molecule has 3 nitrogen and oxygen atoms in total. The highest BCUT2D eigenvalue weighted by Gasteiger charge is 2.20. The molecule has 0 unspecified atom stereocenters. The van der Waals surface area contributed by atoms with Crippen LogP contribution in [0, 0.1) is 5.82 Å². The number of aromatic nitrogens is 1. The van der Waals surface area contributed by atoms with Crippen molar-refractivity contribution in [1.82, 2.24) is 4.98 Å². The number of nitrogens with zero attached hydrogens (tertiary/aromatic N) is 1. The van der Waals surface area contributed by atoms with Crippen molar-refractivity contribution in [2.45, 2.75) is 31.6 Å². The minimum atomic E-state index is -0.319. The van der Waals surface area contributed by atoms with Gasteiger partial charge in [-0.15, -0.1) is 0 Å². The Bertz CT molecular complexity index is 624. The summed E-state index contributed by atoms with van der Waals surface area (Å²) >= 11 is 3.30. The molecule has 1 aliphatic carbocycles. The highest BCUT2D eigenvalue weighted by atomic mass is 79.9. The van der Waals surface area contributed by atoms with E-state index in [4.69, 9.17) is 5.84 Å². The normalized spacial score (nSPS) is 16.2. The third-order valence-electron chi connectivity index (χ3n) is 3.78. The molecular formula is C14H15BrFN3. The zero-order chi connectivity index (χ0) is 13.4. The standard InChI is InChI=1S/C14H15BrFN3/c15-9-5-10-13(19-17)7-12(8-3-1-2-4-8)18-14(10)11(16)6-9/h5-8H,1-4,17H2,(H,18,19). The first-order valence-corrected chi connectivity index (χ1v) is 7.24. The summed E-state index contributed by atoms with van der Waals surface area (Å²) < 4.78 is 14.8. The molecule has 0 atom stereocenters. The fourth-order valence-electron chi connectivity index (χ4n) is 2.82. The third-order valence-corrected chi connectivity index (χ3v) is 4.24. The molecule has 1 fully saturated rings.